The number of anilines is 2. The SMILES string of the molecule is CC#N.CCOC(=O)c1cn(-c2ccnc(Nc3cc(C)cc(C)c3)n2)nc1C.CCOC(=O)c1cn(-c2ccnc(S(C)(=O)=O)n2)nc1C.CCOC(=O)c1cn(-c2ccnc(SC)n2)nc1C.CCOC(=O)c1cn[nH]c1C.CSc1nccc(Cl)n1.O=CO[O-].[H-].[K+].[K+]. The molecule has 0 saturated carbocycles. The summed E-state index contributed by atoms with van der Waals surface area (Å²) >= 11 is 8.48. The molecule has 31 nitrogen and oxygen atoms in total. The molecule has 95 heavy (non-hydrogen) atoms. The number of carbonyl (C=O) groups excluding carboxylic acids is 5. The van der Waals surface area contributed by atoms with Gasteiger partial charge < -0.3 is 35.8 Å². The molecular formula is C58H69ClK2N18O13S3. The molecule has 0 radical (unpaired) electrons. The predicted molar refractivity (Wildman–Crippen MR) is 341 cm³/mol. The van der Waals surface area contributed by atoms with Crippen LogP contribution in [0.5, 0.6) is 0 Å². The zero-order chi connectivity index (χ0) is 69.2. The second-order valence-corrected chi connectivity index (χ2v) is 21.7. The maximum absolute atomic E-state index is 12.0. The van der Waals surface area contributed by atoms with Gasteiger partial charge in [0, 0.05) is 86.1 Å². The molecule has 0 aliphatic carbocycles. The number of nitrogens with zero attached hydrogens (tertiary/aromatic N) is 16. The van der Waals surface area contributed by atoms with E-state index in [1.807, 2.05) is 38.5 Å². The normalized spacial score (nSPS) is 9.84. The average molecular weight is 1440 g/mol. The van der Waals surface area contributed by atoms with Crippen molar-refractivity contribution in [2.75, 3.05) is 50.5 Å². The van der Waals surface area contributed by atoms with Crippen molar-refractivity contribution in [1.82, 2.24) is 79.4 Å². The molecule has 496 valence electrons. The summed E-state index contributed by atoms with van der Waals surface area (Å²) in [4.78, 5) is 90.3. The number of nitriles is 1. The van der Waals surface area contributed by atoms with Crippen LogP contribution in [0.3, 0.4) is 0 Å². The van der Waals surface area contributed by atoms with Crippen LogP contribution in [-0.4, -0.2) is 163 Å². The molecule has 2 N–H and O–H groups in total. The van der Waals surface area contributed by atoms with Crippen molar-refractivity contribution in [3.63, 3.8) is 0 Å². The molecule has 0 saturated heterocycles. The first-order chi connectivity index (χ1) is 44.3. The molecule has 0 unspecified atom stereocenters. The largest absolute Gasteiger partial charge is 1.00 e. The number of halogens is 1. The molecular weight excluding hydrogens is 1370 g/mol. The van der Waals surface area contributed by atoms with Crippen molar-refractivity contribution in [2.45, 2.75) is 91.6 Å². The van der Waals surface area contributed by atoms with Crippen molar-refractivity contribution < 1.29 is 166 Å². The molecule has 37 heteroatoms. The number of thioether (sulfide) groups is 2. The van der Waals surface area contributed by atoms with E-state index in [1.165, 1.54) is 59.8 Å². The Balaban J connectivity index is 0.00000118. The zero-order valence-corrected chi connectivity index (χ0v) is 64.6. The molecule has 0 amide bonds. The van der Waals surface area contributed by atoms with Crippen molar-refractivity contribution in [3.8, 4) is 23.5 Å². The smallest absolute Gasteiger partial charge is 1.00 e. The molecule has 0 bridgehead atoms. The van der Waals surface area contributed by atoms with E-state index < -0.39 is 15.8 Å². The van der Waals surface area contributed by atoms with E-state index >= 15 is 0 Å². The van der Waals surface area contributed by atoms with Crippen LogP contribution in [0, 0.1) is 52.9 Å². The van der Waals surface area contributed by atoms with Crippen LogP contribution >= 0.6 is 35.1 Å². The van der Waals surface area contributed by atoms with Crippen LogP contribution < -0.4 is 113 Å². The van der Waals surface area contributed by atoms with E-state index in [0.29, 0.717) is 92.2 Å². The number of carbonyl (C=O) groups is 5. The first-order valence-electron chi connectivity index (χ1n) is 27.4. The van der Waals surface area contributed by atoms with Gasteiger partial charge in [0.2, 0.25) is 20.9 Å². The summed E-state index contributed by atoms with van der Waals surface area (Å²) in [6.45, 7) is 20.6. The van der Waals surface area contributed by atoms with Gasteiger partial charge in [-0.05, 0) is 111 Å². The van der Waals surface area contributed by atoms with Gasteiger partial charge in [0.25, 0.3) is 6.47 Å². The van der Waals surface area contributed by atoms with Crippen LogP contribution in [0.1, 0.15) is 111 Å². The topological polar surface area (TPSA) is 410 Å². The molecule has 1 aromatic carbocycles. The molecule has 9 rings (SSSR count). The standard InChI is InChI=1S/C19H21N5O2.C12H14N4O4S.C12H14N4O2S.C7H10N2O2.C5H5ClN2S.C2H3N.CH2O3.2K.H/c1-5-26-18(25)16-11-24(23-14(16)4)17-6-7-20-19(22-17)21-15-9-12(2)8-13(3)10-15;1-4-20-11(17)9-7-16(15-8(9)2)10-5-6-13-12(14-10)21(3,18)19;1-4-18-11(17)9-7-16(15-8(9)2)10-5-6-13-12(14-10)19-3;1-3-11-7(10)6-4-8-9-5(6)2;1-9-5-7-3-2-4(6)8-5;1-2-3;2-1-4-3;;;/h6-11H,5H2,1-4H3,(H,20,21,22);5-7H,4H2,1-3H3;5-7H,4H2,1-3H3;4H,3H2,1-2H3,(H,8,9);2-3H,1H3;1H3;1,3H;;;/q;;;;;;;2*+1;-1/p-1. The van der Waals surface area contributed by atoms with Gasteiger partial charge in [-0.2, -0.15) is 35.6 Å². The van der Waals surface area contributed by atoms with Gasteiger partial charge >= 0.3 is 127 Å². The summed E-state index contributed by atoms with van der Waals surface area (Å²) in [5.41, 5.74) is 7.33. The number of rotatable bonds is 17. The molecule has 8 heterocycles. The zero-order valence-electron chi connectivity index (χ0n) is 56.1. The van der Waals surface area contributed by atoms with E-state index in [-0.39, 0.29) is 146 Å². The number of aryl methyl sites for hydroxylation is 6. The fraction of sp³-hybridized carbons (Fsp3) is 0.310. The fourth-order valence-electron chi connectivity index (χ4n) is 7.05. The molecule has 9 aromatic rings. The van der Waals surface area contributed by atoms with Gasteiger partial charge in [-0.3, -0.25) is 9.89 Å². The van der Waals surface area contributed by atoms with Crippen LogP contribution in [0.25, 0.3) is 17.5 Å². The first kappa shape index (κ1) is 86.2. The monoisotopic (exact) mass is 1430 g/mol. The summed E-state index contributed by atoms with van der Waals surface area (Å²) < 4.78 is 47.0. The maximum atomic E-state index is 12.0. The molecule has 0 fully saturated rings. The number of sulfone groups is 1. The van der Waals surface area contributed by atoms with Gasteiger partial charge in [-0.15, -0.1) is 0 Å². The molecule has 8 aromatic heterocycles. The molecule has 0 aliphatic heterocycles. The Labute approximate surface area is 648 Å². The number of benzene rings is 1. The number of aromatic nitrogens is 16. The van der Waals surface area contributed by atoms with E-state index in [1.54, 1.807) is 120 Å². The summed E-state index contributed by atoms with van der Waals surface area (Å²) in [5, 5.41) is 39.6. The summed E-state index contributed by atoms with van der Waals surface area (Å²) in [5.74, 6) is 0.326. The van der Waals surface area contributed by atoms with Gasteiger partial charge in [0.05, 0.1) is 55.8 Å². The van der Waals surface area contributed by atoms with Gasteiger partial charge in [0.15, 0.2) is 27.8 Å². The third-order valence-corrected chi connectivity index (χ3v) is 13.1. The number of hydrogen-bond donors (Lipinski definition) is 2. The number of H-pyrrole nitrogens is 1. The predicted octanol–water partition coefficient (Wildman–Crippen LogP) is 1.76. The second-order valence-electron chi connectivity index (χ2n) is 17.9. The number of hydrogen-bond acceptors (Lipinski definition) is 29. The Hall–Kier alpha value is -6.81. The second kappa shape index (κ2) is 45.6. The minimum absolute atomic E-state index is 0. The number of nitrogens with one attached hydrogen (secondary N) is 2. The van der Waals surface area contributed by atoms with E-state index in [2.05, 4.69) is 81.6 Å². The fourth-order valence-corrected chi connectivity index (χ4v) is 8.46. The molecule has 0 spiro atoms. The Kier molecular flexibility index (Phi) is 41.4. The van der Waals surface area contributed by atoms with Crippen LogP contribution in [0.15, 0.2) is 108 Å². The molecule has 0 atom stereocenters. The number of ether oxygens (including phenoxy) is 4. The summed E-state index contributed by atoms with van der Waals surface area (Å²) in [6.07, 6.45) is 17.3. The van der Waals surface area contributed by atoms with Crippen molar-refractivity contribution >= 4 is 86.9 Å². The molecule has 0 aliphatic rings. The Morgan fingerprint density at radius 2 is 1.02 bits per heavy atom. The number of aromatic amines is 1. The Bertz CT molecular complexity index is 4060. The maximum Gasteiger partial charge on any atom is 1.00 e. The Morgan fingerprint density at radius 3 is 1.39 bits per heavy atom. The van der Waals surface area contributed by atoms with E-state index in [0.717, 1.165) is 28.8 Å². The van der Waals surface area contributed by atoms with Crippen LogP contribution in [0.4, 0.5) is 11.6 Å². The first-order valence-corrected chi connectivity index (χ1v) is 32.1. The minimum Gasteiger partial charge on any atom is -1.00 e. The third kappa shape index (κ3) is 29.6. The van der Waals surface area contributed by atoms with Crippen LogP contribution in [-0.2, 0) is 38.5 Å². The summed E-state index contributed by atoms with van der Waals surface area (Å²) in [7, 11) is -3.52. The van der Waals surface area contributed by atoms with Gasteiger partial charge in [0.1, 0.15) is 27.4 Å². The van der Waals surface area contributed by atoms with Crippen LogP contribution in [0.2, 0.25) is 5.15 Å². The van der Waals surface area contributed by atoms with Gasteiger partial charge in [-0.1, -0.05) is 41.2 Å². The average Bonchev–Trinajstić information content (AvgIpc) is 1.81. The van der Waals surface area contributed by atoms with Crippen molar-refractivity contribution in [1.29, 1.82) is 5.26 Å². The van der Waals surface area contributed by atoms with Crippen molar-refractivity contribution in [3.05, 3.63) is 153 Å². The third-order valence-electron chi connectivity index (χ3n) is 10.9. The van der Waals surface area contributed by atoms with Gasteiger partial charge in [-0.25, -0.2) is 71.5 Å². The Morgan fingerprint density at radius 1 is 0.642 bits per heavy atom. The minimum atomic E-state index is -3.52. The van der Waals surface area contributed by atoms with E-state index in [4.69, 9.17) is 45.9 Å². The van der Waals surface area contributed by atoms with E-state index in [9.17, 15) is 27.6 Å². The van der Waals surface area contributed by atoms with Crippen molar-refractivity contribution in [2.24, 2.45) is 0 Å². The summed E-state index contributed by atoms with van der Waals surface area (Å²) in [6, 6.07) is 14.5. The quantitative estimate of drug-likeness (QED) is 0.0151. The number of esters is 4.